The molecule has 0 aromatic heterocycles. The summed E-state index contributed by atoms with van der Waals surface area (Å²) in [5, 5.41) is 11.2. The molecule has 4 nitrogen and oxygen atoms in total. The zero-order chi connectivity index (χ0) is 10.1. The summed E-state index contributed by atoms with van der Waals surface area (Å²) in [4.78, 5) is 12.9. The third-order valence-electron chi connectivity index (χ3n) is 1.57. The Morgan fingerprint density at radius 2 is 2.15 bits per heavy atom. The Bertz CT molecular complexity index is 186. The van der Waals surface area contributed by atoms with Gasteiger partial charge in [-0.3, -0.25) is 0 Å². The van der Waals surface area contributed by atoms with E-state index in [1.165, 1.54) is 4.90 Å². The number of hydrogen-bond acceptors (Lipinski definition) is 2. The van der Waals surface area contributed by atoms with E-state index in [2.05, 4.69) is 5.32 Å². The molecule has 0 aromatic rings. The number of carbonyl (C=O) groups is 1. The minimum Gasteiger partial charge on any atom is -0.338 e. The van der Waals surface area contributed by atoms with E-state index in [1.807, 2.05) is 19.9 Å². The summed E-state index contributed by atoms with van der Waals surface area (Å²) in [7, 11) is 0. The van der Waals surface area contributed by atoms with Crippen LogP contribution in [-0.2, 0) is 0 Å². The van der Waals surface area contributed by atoms with Gasteiger partial charge >= 0.3 is 6.03 Å². The first-order chi connectivity index (χ1) is 6.26. The number of nitrogens with one attached hydrogen (secondary N) is 1. The minimum atomic E-state index is -0.134. The average Bonchev–Trinajstić information content (AvgIpc) is 2.14. The maximum absolute atomic E-state index is 11.3. The zero-order valence-corrected chi connectivity index (χ0v) is 8.34. The molecular weight excluding hydrogens is 166 g/mol. The highest BCUT2D eigenvalue weighted by atomic mass is 16.2. The molecule has 1 N–H and O–H groups in total. The van der Waals surface area contributed by atoms with Crippen molar-refractivity contribution in [2.45, 2.75) is 26.7 Å². The predicted molar refractivity (Wildman–Crippen MR) is 51.2 cm³/mol. The largest absolute Gasteiger partial charge is 0.338 e. The molecule has 0 heterocycles. The highest BCUT2D eigenvalue weighted by Gasteiger charge is 2.09. The number of urea groups is 1. The van der Waals surface area contributed by atoms with Gasteiger partial charge in [0.1, 0.15) is 6.54 Å². The van der Waals surface area contributed by atoms with Gasteiger partial charge in [0, 0.05) is 13.1 Å². The van der Waals surface area contributed by atoms with E-state index in [4.69, 9.17) is 5.26 Å². The zero-order valence-electron chi connectivity index (χ0n) is 8.34. The number of carbonyl (C=O) groups excluding carboxylic acids is 1. The summed E-state index contributed by atoms with van der Waals surface area (Å²) < 4.78 is 0. The molecule has 0 saturated carbocycles. The van der Waals surface area contributed by atoms with E-state index < -0.39 is 0 Å². The molecule has 0 radical (unpaired) electrons. The van der Waals surface area contributed by atoms with E-state index >= 15 is 0 Å². The van der Waals surface area contributed by atoms with Gasteiger partial charge in [-0.2, -0.15) is 5.26 Å². The molecule has 0 aliphatic heterocycles. The number of rotatable bonds is 5. The fourth-order valence-electron chi connectivity index (χ4n) is 0.951. The van der Waals surface area contributed by atoms with Gasteiger partial charge in [-0.05, 0) is 12.8 Å². The minimum absolute atomic E-state index is 0.134. The van der Waals surface area contributed by atoms with Gasteiger partial charge in [-0.25, -0.2) is 4.79 Å². The Hall–Kier alpha value is -1.24. The van der Waals surface area contributed by atoms with E-state index in [0.29, 0.717) is 13.1 Å². The van der Waals surface area contributed by atoms with Crippen molar-refractivity contribution in [3.63, 3.8) is 0 Å². The summed E-state index contributed by atoms with van der Waals surface area (Å²) in [5.41, 5.74) is 0. The molecule has 0 aromatic carbocycles. The second kappa shape index (κ2) is 7.41. The lowest BCUT2D eigenvalue weighted by Gasteiger charge is -2.18. The molecule has 2 amide bonds. The molecule has 0 aliphatic carbocycles. The lowest BCUT2D eigenvalue weighted by Crippen LogP contribution is -2.40. The van der Waals surface area contributed by atoms with Crippen molar-refractivity contribution in [3.05, 3.63) is 0 Å². The van der Waals surface area contributed by atoms with Crippen LogP contribution in [0.3, 0.4) is 0 Å². The fraction of sp³-hybridized carbons (Fsp3) is 0.778. The number of hydrogen-bond donors (Lipinski definition) is 1. The third kappa shape index (κ3) is 5.07. The van der Waals surface area contributed by atoms with Crippen LogP contribution in [0, 0.1) is 11.3 Å². The topological polar surface area (TPSA) is 56.1 Å². The Kier molecular flexibility index (Phi) is 6.70. The number of nitrogens with zero attached hydrogens (tertiary/aromatic N) is 2. The first-order valence-electron chi connectivity index (χ1n) is 4.66. The molecular formula is C9H17N3O. The van der Waals surface area contributed by atoms with Crippen LogP contribution in [0.5, 0.6) is 0 Å². The van der Waals surface area contributed by atoms with Crippen LogP contribution in [0.4, 0.5) is 4.79 Å². The van der Waals surface area contributed by atoms with Crippen molar-refractivity contribution >= 4 is 6.03 Å². The maximum atomic E-state index is 11.3. The monoisotopic (exact) mass is 183 g/mol. The van der Waals surface area contributed by atoms with Crippen molar-refractivity contribution in [2.75, 3.05) is 19.6 Å². The van der Waals surface area contributed by atoms with E-state index in [0.717, 1.165) is 12.8 Å². The van der Waals surface area contributed by atoms with Gasteiger partial charge in [0.15, 0.2) is 0 Å². The van der Waals surface area contributed by atoms with Crippen LogP contribution in [0.15, 0.2) is 0 Å². The van der Waals surface area contributed by atoms with Gasteiger partial charge in [-0.15, -0.1) is 0 Å². The van der Waals surface area contributed by atoms with Crippen molar-refractivity contribution in [1.29, 1.82) is 5.26 Å². The smallest absolute Gasteiger partial charge is 0.318 e. The summed E-state index contributed by atoms with van der Waals surface area (Å²) in [6, 6.07) is 1.84. The number of amides is 2. The average molecular weight is 183 g/mol. The van der Waals surface area contributed by atoms with Gasteiger partial charge in [0.2, 0.25) is 0 Å². The van der Waals surface area contributed by atoms with Crippen LogP contribution in [0.2, 0.25) is 0 Å². The molecule has 0 rings (SSSR count). The van der Waals surface area contributed by atoms with Crippen LogP contribution in [-0.4, -0.2) is 30.6 Å². The van der Waals surface area contributed by atoms with Crippen molar-refractivity contribution in [1.82, 2.24) is 10.2 Å². The van der Waals surface area contributed by atoms with Gasteiger partial charge in [0.25, 0.3) is 0 Å². The fourth-order valence-corrected chi connectivity index (χ4v) is 0.951. The normalized spacial score (nSPS) is 9.00. The van der Waals surface area contributed by atoms with E-state index in [-0.39, 0.29) is 12.6 Å². The Labute approximate surface area is 79.5 Å². The molecule has 0 saturated heterocycles. The number of nitriles is 1. The molecule has 0 atom stereocenters. The van der Waals surface area contributed by atoms with E-state index in [9.17, 15) is 4.79 Å². The molecule has 74 valence electrons. The van der Waals surface area contributed by atoms with Crippen molar-refractivity contribution < 1.29 is 4.79 Å². The Balaban J connectivity index is 3.89. The van der Waals surface area contributed by atoms with Crippen LogP contribution >= 0.6 is 0 Å². The summed E-state index contributed by atoms with van der Waals surface area (Å²) in [6.45, 7) is 5.46. The first kappa shape index (κ1) is 11.8. The molecule has 0 bridgehead atoms. The van der Waals surface area contributed by atoms with Gasteiger partial charge in [0.05, 0.1) is 6.07 Å². The Morgan fingerprint density at radius 1 is 1.46 bits per heavy atom. The summed E-state index contributed by atoms with van der Waals surface area (Å²) in [6.07, 6.45) is 1.79. The lowest BCUT2D eigenvalue weighted by atomic mass is 10.4. The molecule has 0 unspecified atom stereocenters. The molecule has 0 aliphatic rings. The van der Waals surface area contributed by atoms with Crippen LogP contribution < -0.4 is 5.32 Å². The van der Waals surface area contributed by atoms with Crippen LogP contribution in [0.25, 0.3) is 0 Å². The van der Waals surface area contributed by atoms with Gasteiger partial charge < -0.3 is 10.2 Å². The van der Waals surface area contributed by atoms with Crippen LogP contribution in [0.1, 0.15) is 26.7 Å². The lowest BCUT2D eigenvalue weighted by molar-refractivity contribution is 0.204. The highest BCUT2D eigenvalue weighted by Crippen LogP contribution is 1.91. The summed E-state index contributed by atoms with van der Waals surface area (Å²) >= 11 is 0. The second-order valence-corrected chi connectivity index (χ2v) is 2.81. The predicted octanol–water partition coefficient (Wildman–Crippen LogP) is 1.34. The first-order valence-corrected chi connectivity index (χ1v) is 4.66. The second-order valence-electron chi connectivity index (χ2n) is 2.81. The quantitative estimate of drug-likeness (QED) is 0.654. The van der Waals surface area contributed by atoms with Gasteiger partial charge in [-0.1, -0.05) is 13.8 Å². The molecule has 13 heavy (non-hydrogen) atoms. The molecule has 0 spiro atoms. The molecule has 0 fully saturated rings. The van der Waals surface area contributed by atoms with Crippen molar-refractivity contribution in [3.8, 4) is 6.07 Å². The standard InChI is InChI=1S/C9H17N3O/c1-3-6-11-9(13)12(7-4-2)8-5-10/h3-4,6-8H2,1-2H3,(H,11,13). The Morgan fingerprint density at radius 3 is 2.62 bits per heavy atom. The van der Waals surface area contributed by atoms with Crippen molar-refractivity contribution in [2.24, 2.45) is 0 Å². The maximum Gasteiger partial charge on any atom is 0.318 e. The highest BCUT2D eigenvalue weighted by molar-refractivity contribution is 5.74. The third-order valence-corrected chi connectivity index (χ3v) is 1.57. The SMILES string of the molecule is CCCNC(=O)N(CC#N)CCC. The summed E-state index contributed by atoms with van der Waals surface area (Å²) in [5.74, 6) is 0. The molecule has 4 heteroatoms. The van der Waals surface area contributed by atoms with E-state index in [1.54, 1.807) is 0 Å².